The molecule has 0 N–H and O–H groups in total. The van der Waals surface area contributed by atoms with Gasteiger partial charge in [-0.1, -0.05) is 103 Å². The van der Waals surface area contributed by atoms with E-state index in [1.54, 1.807) is 0 Å². The van der Waals surface area contributed by atoms with Gasteiger partial charge in [0.05, 0.1) is 56.2 Å². The number of para-hydroxylation sites is 4. The second-order valence-electron chi connectivity index (χ2n) is 12.2. The summed E-state index contributed by atoms with van der Waals surface area (Å²) in [4.78, 5) is 0. The minimum Gasteiger partial charge on any atom is -0.308 e. The monoisotopic (exact) mass is 635 g/mol. The number of fused-ring (bicyclic) bond motifs is 6. The highest BCUT2D eigenvalue weighted by Crippen LogP contribution is 2.43. The Labute approximate surface area is 287 Å². The highest BCUT2D eigenvalue weighted by atomic mass is 15.0. The number of nitriles is 3. The summed E-state index contributed by atoms with van der Waals surface area (Å²) in [5.41, 5.74) is 10.6. The van der Waals surface area contributed by atoms with Crippen LogP contribution in [-0.4, -0.2) is 9.13 Å². The second-order valence-corrected chi connectivity index (χ2v) is 12.2. The zero-order valence-electron chi connectivity index (χ0n) is 26.7. The molecule has 0 amide bonds. The smallest absolute Gasteiger partial charge is 0.102 e. The summed E-state index contributed by atoms with van der Waals surface area (Å²) in [6.45, 7) is 0. The van der Waals surface area contributed by atoms with Crippen LogP contribution >= 0.6 is 0 Å². The lowest BCUT2D eigenvalue weighted by molar-refractivity contribution is 1.17. The summed E-state index contributed by atoms with van der Waals surface area (Å²) in [5, 5.41) is 35.4. The van der Waals surface area contributed by atoms with E-state index >= 15 is 0 Å². The molecule has 0 unspecified atom stereocenters. The molecule has 0 fully saturated rings. The van der Waals surface area contributed by atoms with Crippen molar-refractivity contribution in [2.75, 3.05) is 0 Å². The lowest BCUT2D eigenvalue weighted by atomic mass is 9.89. The lowest BCUT2D eigenvalue weighted by Gasteiger charge is -2.19. The van der Waals surface area contributed by atoms with Crippen molar-refractivity contribution >= 4 is 43.6 Å². The summed E-state index contributed by atoms with van der Waals surface area (Å²) in [6.07, 6.45) is 0. The highest BCUT2D eigenvalue weighted by molar-refractivity contribution is 6.11. The van der Waals surface area contributed by atoms with Gasteiger partial charge in [-0.15, -0.1) is 0 Å². The van der Waals surface area contributed by atoms with Crippen molar-refractivity contribution in [2.24, 2.45) is 0 Å². The molecule has 0 aliphatic heterocycles. The van der Waals surface area contributed by atoms with Crippen LogP contribution in [0.25, 0.3) is 77.2 Å². The van der Waals surface area contributed by atoms with E-state index in [0.717, 1.165) is 77.2 Å². The molecular weight excluding hydrogens is 611 g/mol. The van der Waals surface area contributed by atoms with Crippen LogP contribution in [0.4, 0.5) is 0 Å². The van der Waals surface area contributed by atoms with Gasteiger partial charge in [-0.2, -0.15) is 15.8 Å². The first-order valence-electron chi connectivity index (χ1n) is 16.3. The zero-order chi connectivity index (χ0) is 33.8. The van der Waals surface area contributed by atoms with Gasteiger partial charge in [0, 0.05) is 32.7 Å². The van der Waals surface area contributed by atoms with Crippen molar-refractivity contribution in [1.29, 1.82) is 15.8 Å². The van der Waals surface area contributed by atoms with E-state index in [1.807, 2.05) is 109 Å². The van der Waals surface area contributed by atoms with Crippen LogP contribution in [0.2, 0.25) is 0 Å². The SMILES string of the molecule is N#Cc1ccc2c(c1)c1ccccc1n2-c1c(C#N)cccc1-c1ccccc1-c1cccc(-n2c3ccccc3c3ccccc32)c1C#N. The molecule has 5 nitrogen and oxygen atoms in total. The third-order valence-corrected chi connectivity index (χ3v) is 9.66. The van der Waals surface area contributed by atoms with Gasteiger partial charge in [0.2, 0.25) is 0 Å². The summed E-state index contributed by atoms with van der Waals surface area (Å²) < 4.78 is 4.32. The van der Waals surface area contributed by atoms with Gasteiger partial charge >= 0.3 is 0 Å². The van der Waals surface area contributed by atoms with Crippen molar-refractivity contribution in [1.82, 2.24) is 9.13 Å². The fraction of sp³-hybridized carbons (Fsp3) is 0. The molecule has 50 heavy (non-hydrogen) atoms. The standard InChI is InChI=1S/C45H25N5/c46-26-29-23-24-44-38(25-29)36-16-5-8-21-42(36)50(44)45-30(27-47)11-9-18-37(45)32-13-2-1-12-31(32)33-17-10-22-43(39(33)28-48)49-40-19-6-3-14-34(40)35-15-4-7-20-41(35)49/h1-25H. The number of hydrogen-bond acceptors (Lipinski definition) is 3. The molecule has 2 aromatic heterocycles. The molecule has 230 valence electrons. The van der Waals surface area contributed by atoms with Crippen LogP contribution in [0.1, 0.15) is 16.7 Å². The van der Waals surface area contributed by atoms with Crippen molar-refractivity contribution in [3.8, 4) is 51.8 Å². The Balaban J connectivity index is 1.33. The van der Waals surface area contributed by atoms with E-state index in [1.165, 1.54) is 0 Å². The van der Waals surface area contributed by atoms with E-state index in [0.29, 0.717) is 16.7 Å². The normalized spacial score (nSPS) is 11.1. The Morgan fingerprint density at radius 2 is 0.900 bits per heavy atom. The molecule has 9 rings (SSSR count). The van der Waals surface area contributed by atoms with Crippen molar-refractivity contribution in [2.45, 2.75) is 0 Å². The van der Waals surface area contributed by atoms with Crippen LogP contribution in [-0.2, 0) is 0 Å². The molecule has 0 radical (unpaired) electrons. The van der Waals surface area contributed by atoms with Crippen LogP contribution in [0.15, 0.2) is 152 Å². The largest absolute Gasteiger partial charge is 0.308 e. The third-order valence-electron chi connectivity index (χ3n) is 9.66. The van der Waals surface area contributed by atoms with Crippen molar-refractivity contribution in [3.05, 3.63) is 168 Å². The number of rotatable bonds is 4. The molecule has 0 saturated carbocycles. The van der Waals surface area contributed by atoms with Gasteiger partial charge < -0.3 is 9.13 Å². The van der Waals surface area contributed by atoms with Crippen LogP contribution in [0.5, 0.6) is 0 Å². The Morgan fingerprint density at radius 3 is 1.54 bits per heavy atom. The fourth-order valence-electron chi connectivity index (χ4n) is 7.58. The average Bonchev–Trinajstić information content (AvgIpc) is 3.69. The number of hydrogen-bond donors (Lipinski definition) is 0. The number of nitrogens with zero attached hydrogens (tertiary/aromatic N) is 5. The van der Waals surface area contributed by atoms with E-state index < -0.39 is 0 Å². The Kier molecular flexibility index (Phi) is 6.56. The van der Waals surface area contributed by atoms with Crippen LogP contribution in [0.3, 0.4) is 0 Å². The molecule has 2 heterocycles. The number of aromatic nitrogens is 2. The molecule has 7 aromatic carbocycles. The molecule has 0 aliphatic rings. The van der Waals surface area contributed by atoms with Gasteiger partial charge in [-0.05, 0) is 59.7 Å². The first-order chi connectivity index (χ1) is 24.7. The van der Waals surface area contributed by atoms with Gasteiger partial charge in [0.1, 0.15) is 12.1 Å². The highest BCUT2D eigenvalue weighted by Gasteiger charge is 2.23. The second kappa shape index (κ2) is 11.4. The van der Waals surface area contributed by atoms with E-state index in [9.17, 15) is 15.8 Å². The molecule has 5 heteroatoms. The zero-order valence-corrected chi connectivity index (χ0v) is 26.7. The molecule has 0 aliphatic carbocycles. The number of benzene rings is 7. The summed E-state index contributed by atoms with van der Waals surface area (Å²) in [5.74, 6) is 0. The van der Waals surface area contributed by atoms with Gasteiger partial charge in [0.15, 0.2) is 0 Å². The maximum Gasteiger partial charge on any atom is 0.102 e. The van der Waals surface area contributed by atoms with Gasteiger partial charge in [-0.3, -0.25) is 0 Å². The topological polar surface area (TPSA) is 81.2 Å². The molecule has 0 atom stereocenters. The Hall–Kier alpha value is -7.39. The molecular formula is C45H25N5. The summed E-state index contributed by atoms with van der Waals surface area (Å²) in [7, 11) is 0. The molecule has 0 saturated heterocycles. The third kappa shape index (κ3) is 4.17. The van der Waals surface area contributed by atoms with Crippen molar-refractivity contribution in [3.63, 3.8) is 0 Å². The van der Waals surface area contributed by atoms with Crippen LogP contribution < -0.4 is 0 Å². The lowest BCUT2D eigenvalue weighted by Crippen LogP contribution is -2.02. The fourth-order valence-corrected chi connectivity index (χ4v) is 7.58. The van der Waals surface area contributed by atoms with E-state index in [-0.39, 0.29) is 0 Å². The predicted molar refractivity (Wildman–Crippen MR) is 200 cm³/mol. The maximum absolute atomic E-state index is 10.9. The Bertz CT molecular complexity index is 2920. The van der Waals surface area contributed by atoms with Crippen LogP contribution in [0, 0.1) is 34.0 Å². The maximum atomic E-state index is 10.9. The van der Waals surface area contributed by atoms with E-state index in [2.05, 4.69) is 69.8 Å². The molecule has 0 spiro atoms. The Morgan fingerprint density at radius 1 is 0.380 bits per heavy atom. The van der Waals surface area contributed by atoms with Gasteiger partial charge in [-0.25, -0.2) is 0 Å². The first-order valence-corrected chi connectivity index (χ1v) is 16.3. The summed E-state index contributed by atoms with van der Waals surface area (Å²) in [6, 6.07) is 57.6. The predicted octanol–water partition coefficient (Wildman–Crippen LogP) is 10.8. The minimum atomic E-state index is 0.517. The quantitative estimate of drug-likeness (QED) is 0.193. The van der Waals surface area contributed by atoms with E-state index in [4.69, 9.17) is 0 Å². The first kappa shape index (κ1) is 28.8. The minimum absolute atomic E-state index is 0.517. The van der Waals surface area contributed by atoms with Gasteiger partial charge in [0.25, 0.3) is 0 Å². The molecule has 9 aromatic rings. The molecule has 0 bridgehead atoms. The average molecular weight is 636 g/mol. The summed E-state index contributed by atoms with van der Waals surface area (Å²) >= 11 is 0. The van der Waals surface area contributed by atoms with Crippen molar-refractivity contribution < 1.29 is 0 Å².